The molecule has 1 aliphatic rings. The number of likely N-dealkylation sites (N-methyl/N-ethyl adjacent to an activating group) is 1. The van der Waals surface area contributed by atoms with Gasteiger partial charge < -0.3 is 20.1 Å². The quantitative estimate of drug-likeness (QED) is 0.561. The number of carbonyl (C=O) groups is 1. The van der Waals surface area contributed by atoms with Crippen molar-refractivity contribution in [2.24, 2.45) is 0 Å². The number of benzene rings is 2. The Bertz CT molecular complexity index is 1080. The normalized spacial score (nSPS) is 14.4. The van der Waals surface area contributed by atoms with Gasteiger partial charge >= 0.3 is 0 Å². The zero-order valence-corrected chi connectivity index (χ0v) is 17.6. The van der Waals surface area contributed by atoms with Crippen LogP contribution < -0.4 is 20.1 Å². The maximum absolute atomic E-state index is 13.2. The Morgan fingerprint density at radius 1 is 1.17 bits per heavy atom. The molecule has 0 radical (unpaired) electrons. The molecule has 1 amide bonds. The summed E-state index contributed by atoms with van der Waals surface area (Å²) >= 11 is 0. The number of aromatic nitrogens is 1. The van der Waals surface area contributed by atoms with Crippen molar-refractivity contribution in [3.63, 3.8) is 0 Å². The average Bonchev–Trinajstić information content (AvgIpc) is 3.54. The SMILES string of the molecule is CNCCOc1ccc(C)c(C(=O)NC2(c3cc(OC)cc4ncccc34)CC2)c1. The maximum Gasteiger partial charge on any atom is 0.252 e. The van der Waals surface area contributed by atoms with E-state index in [4.69, 9.17) is 9.47 Å². The molecule has 3 aromatic rings. The summed E-state index contributed by atoms with van der Waals surface area (Å²) in [5, 5.41) is 7.38. The van der Waals surface area contributed by atoms with E-state index < -0.39 is 5.54 Å². The van der Waals surface area contributed by atoms with Crippen molar-refractivity contribution < 1.29 is 14.3 Å². The Balaban J connectivity index is 1.63. The maximum atomic E-state index is 13.2. The van der Waals surface area contributed by atoms with Gasteiger partial charge in [-0.3, -0.25) is 9.78 Å². The smallest absolute Gasteiger partial charge is 0.252 e. The molecule has 0 saturated heterocycles. The fraction of sp³-hybridized carbons (Fsp3) is 0.333. The number of aryl methyl sites for hydroxylation is 1. The number of hydrogen-bond donors (Lipinski definition) is 2. The minimum absolute atomic E-state index is 0.0936. The van der Waals surface area contributed by atoms with E-state index in [0.717, 1.165) is 47.2 Å². The van der Waals surface area contributed by atoms with Crippen molar-refractivity contribution in [3.8, 4) is 11.5 Å². The number of nitrogens with zero attached hydrogens (tertiary/aromatic N) is 1. The molecule has 6 heteroatoms. The third-order valence-electron chi connectivity index (χ3n) is 5.62. The molecule has 30 heavy (non-hydrogen) atoms. The zero-order chi connectivity index (χ0) is 21.1. The van der Waals surface area contributed by atoms with Crippen molar-refractivity contribution in [3.05, 3.63) is 65.4 Å². The molecule has 1 fully saturated rings. The van der Waals surface area contributed by atoms with Crippen LogP contribution in [0.2, 0.25) is 0 Å². The summed E-state index contributed by atoms with van der Waals surface area (Å²) in [6.07, 6.45) is 3.53. The van der Waals surface area contributed by atoms with Crippen molar-refractivity contribution in [1.29, 1.82) is 0 Å². The van der Waals surface area contributed by atoms with E-state index in [2.05, 4.69) is 15.6 Å². The molecule has 1 saturated carbocycles. The number of methoxy groups -OCH3 is 1. The molecule has 0 aliphatic heterocycles. The fourth-order valence-corrected chi connectivity index (χ4v) is 3.75. The lowest BCUT2D eigenvalue weighted by Gasteiger charge is -2.21. The number of hydrogen-bond acceptors (Lipinski definition) is 5. The molecule has 2 aromatic carbocycles. The Kier molecular flexibility index (Phi) is 5.59. The first kappa shape index (κ1) is 20.2. The molecule has 156 valence electrons. The summed E-state index contributed by atoms with van der Waals surface area (Å²) in [6, 6.07) is 13.6. The highest BCUT2D eigenvalue weighted by Gasteiger charge is 2.47. The van der Waals surface area contributed by atoms with Gasteiger partial charge in [0.05, 0.1) is 18.2 Å². The summed E-state index contributed by atoms with van der Waals surface area (Å²) in [5.41, 5.74) is 3.07. The Hall–Kier alpha value is -3.12. The van der Waals surface area contributed by atoms with Crippen LogP contribution >= 0.6 is 0 Å². The predicted octanol–water partition coefficient (Wildman–Crippen LogP) is 3.57. The lowest BCUT2D eigenvalue weighted by Crippen LogP contribution is -2.35. The number of rotatable bonds is 8. The van der Waals surface area contributed by atoms with Crippen LogP contribution in [0.4, 0.5) is 0 Å². The molecule has 0 spiro atoms. The van der Waals surface area contributed by atoms with E-state index in [9.17, 15) is 4.79 Å². The van der Waals surface area contributed by atoms with Gasteiger partial charge in [-0.1, -0.05) is 12.1 Å². The molecular weight excluding hydrogens is 378 g/mol. The number of carbonyl (C=O) groups excluding carboxylic acids is 1. The van der Waals surface area contributed by atoms with Gasteiger partial charge in [-0.05, 0) is 62.2 Å². The molecule has 6 nitrogen and oxygen atoms in total. The third kappa shape index (κ3) is 3.96. The molecular formula is C24H27N3O3. The molecule has 4 rings (SSSR count). The van der Waals surface area contributed by atoms with E-state index in [-0.39, 0.29) is 5.91 Å². The van der Waals surface area contributed by atoms with Gasteiger partial charge in [-0.25, -0.2) is 0 Å². The first-order valence-electron chi connectivity index (χ1n) is 10.2. The van der Waals surface area contributed by atoms with Gasteiger partial charge in [0.25, 0.3) is 5.91 Å². The zero-order valence-electron chi connectivity index (χ0n) is 17.6. The largest absolute Gasteiger partial charge is 0.497 e. The second kappa shape index (κ2) is 8.32. The monoisotopic (exact) mass is 405 g/mol. The van der Waals surface area contributed by atoms with Crippen LogP contribution in [0.15, 0.2) is 48.7 Å². The van der Waals surface area contributed by atoms with Crippen LogP contribution in [-0.2, 0) is 5.54 Å². The van der Waals surface area contributed by atoms with Gasteiger partial charge in [0.2, 0.25) is 0 Å². The average molecular weight is 405 g/mol. The molecule has 0 unspecified atom stereocenters. The summed E-state index contributed by atoms with van der Waals surface area (Å²) in [5.74, 6) is 1.35. The summed E-state index contributed by atoms with van der Waals surface area (Å²) in [7, 11) is 3.53. The standard InChI is InChI=1S/C24H27N3O3/c1-16-6-7-17(30-12-11-25-2)13-20(16)23(28)27-24(8-9-24)21-14-18(29-3)15-22-19(21)5-4-10-26-22/h4-7,10,13-15,25H,8-9,11-12H2,1-3H3,(H,27,28). The molecule has 2 N–H and O–H groups in total. The molecule has 0 bridgehead atoms. The number of nitrogens with one attached hydrogen (secondary N) is 2. The van der Waals surface area contributed by atoms with E-state index in [1.165, 1.54) is 0 Å². The van der Waals surface area contributed by atoms with Crippen molar-refractivity contribution in [2.75, 3.05) is 27.3 Å². The van der Waals surface area contributed by atoms with Crippen LogP contribution in [0.5, 0.6) is 11.5 Å². The molecule has 0 atom stereocenters. The summed E-state index contributed by atoms with van der Waals surface area (Å²) in [4.78, 5) is 17.7. The van der Waals surface area contributed by atoms with Gasteiger partial charge in [0.15, 0.2) is 0 Å². The molecule has 1 aromatic heterocycles. The summed E-state index contributed by atoms with van der Waals surface area (Å²) in [6.45, 7) is 3.24. The highest BCUT2D eigenvalue weighted by molar-refractivity contribution is 5.97. The van der Waals surface area contributed by atoms with Gasteiger partial charge in [-0.15, -0.1) is 0 Å². The lowest BCUT2D eigenvalue weighted by atomic mass is 9.97. The van der Waals surface area contributed by atoms with Gasteiger partial charge in [0, 0.05) is 29.8 Å². The minimum atomic E-state index is -0.400. The Labute approximate surface area is 176 Å². The minimum Gasteiger partial charge on any atom is -0.497 e. The van der Waals surface area contributed by atoms with Crippen molar-refractivity contribution in [1.82, 2.24) is 15.6 Å². The van der Waals surface area contributed by atoms with Crippen LogP contribution in [0, 0.1) is 6.92 Å². The number of amides is 1. The van der Waals surface area contributed by atoms with Crippen molar-refractivity contribution >= 4 is 16.8 Å². The number of fused-ring (bicyclic) bond motifs is 1. The number of ether oxygens (including phenoxy) is 2. The molecule has 1 aliphatic carbocycles. The Morgan fingerprint density at radius 3 is 2.73 bits per heavy atom. The Morgan fingerprint density at radius 2 is 2.00 bits per heavy atom. The highest BCUT2D eigenvalue weighted by Crippen LogP contribution is 2.49. The summed E-state index contributed by atoms with van der Waals surface area (Å²) < 4.78 is 11.2. The fourth-order valence-electron chi connectivity index (χ4n) is 3.75. The van der Waals surface area contributed by atoms with E-state index in [0.29, 0.717) is 17.9 Å². The van der Waals surface area contributed by atoms with Crippen LogP contribution in [0.25, 0.3) is 10.9 Å². The third-order valence-corrected chi connectivity index (χ3v) is 5.62. The first-order chi connectivity index (χ1) is 14.6. The molecule has 1 heterocycles. The van der Waals surface area contributed by atoms with Crippen molar-refractivity contribution in [2.45, 2.75) is 25.3 Å². The van der Waals surface area contributed by atoms with Crippen LogP contribution in [0.3, 0.4) is 0 Å². The second-order valence-corrected chi connectivity index (χ2v) is 7.71. The second-order valence-electron chi connectivity index (χ2n) is 7.71. The van der Waals surface area contributed by atoms with Crippen LogP contribution in [-0.4, -0.2) is 38.2 Å². The van der Waals surface area contributed by atoms with E-state index in [1.54, 1.807) is 13.3 Å². The highest BCUT2D eigenvalue weighted by atomic mass is 16.5. The van der Waals surface area contributed by atoms with Gasteiger partial charge in [0.1, 0.15) is 18.1 Å². The van der Waals surface area contributed by atoms with Gasteiger partial charge in [-0.2, -0.15) is 0 Å². The van der Waals surface area contributed by atoms with E-state index in [1.807, 2.05) is 56.4 Å². The lowest BCUT2D eigenvalue weighted by molar-refractivity contribution is 0.0930. The predicted molar refractivity (Wildman–Crippen MR) is 117 cm³/mol. The number of pyridine rings is 1. The first-order valence-corrected chi connectivity index (χ1v) is 10.2. The van der Waals surface area contributed by atoms with E-state index >= 15 is 0 Å². The topological polar surface area (TPSA) is 72.5 Å². The van der Waals surface area contributed by atoms with Crippen LogP contribution in [0.1, 0.15) is 34.3 Å².